The second-order valence-corrected chi connectivity index (χ2v) is 9.32. The van der Waals surface area contributed by atoms with Gasteiger partial charge in [-0.1, -0.05) is 50.5 Å². The van der Waals surface area contributed by atoms with Crippen molar-refractivity contribution in [3.8, 4) is 0 Å². The highest BCUT2D eigenvalue weighted by atomic mass is 32.1. The molecule has 7 heteroatoms. The molecule has 1 aliphatic rings. The fourth-order valence-corrected chi connectivity index (χ4v) is 4.85. The summed E-state index contributed by atoms with van der Waals surface area (Å²) in [5.74, 6) is -0.552. The third-order valence-electron chi connectivity index (χ3n) is 6.42. The molecule has 2 aromatic carbocycles. The van der Waals surface area contributed by atoms with Gasteiger partial charge in [-0.25, -0.2) is 4.79 Å². The van der Waals surface area contributed by atoms with E-state index in [0.717, 1.165) is 17.7 Å². The number of amides is 1. The molecule has 1 amide bonds. The third-order valence-corrected chi connectivity index (χ3v) is 6.76. The lowest BCUT2D eigenvalue weighted by Gasteiger charge is -2.37. The Labute approximate surface area is 220 Å². The van der Waals surface area contributed by atoms with Crippen LogP contribution in [0, 0.1) is 0 Å². The number of anilines is 1. The van der Waals surface area contributed by atoms with Crippen LogP contribution >= 0.6 is 12.2 Å². The first-order chi connectivity index (χ1) is 17.4. The van der Waals surface area contributed by atoms with Crippen molar-refractivity contribution in [2.24, 2.45) is 0 Å². The summed E-state index contributed by atoms with van der Waals surface area (Å²) in [6, 6.07) is 14.8. The number of aryl methyl sites for hydroxylation is 1. The van der Waals surface area contributed by atoms with Gasteiger partial charge in [-0.15, -0.1) is 0 Å². The molecular formula is C29H37N3O3S. The Kier molecular flexibility index (Phi) is 10.1. The van der Waals surface area contributed by atoms with Crippen molar-refractivity contribution in [2.75, 3.05) is 18.5 Å². The van der Waals surface area contributed by atoms with Crippen LogP contribution in [0.3, 0.4) is 0 Å². The molecule has 3 rings (SSSR count). The lowest BCUT2D eigenvalue weighted by Crippen LogP contribution is -2.47. The number of thiocarbonyl (C=S) groups is 1. The number of carbonyl (C=O) groups is 2. The molecule has 0 spiro atoms. The molecule has 1 aliphatic heterocycles. The second kappa shape index (κ2) is 13.2. The third kappa shape index (κ3) is 6.72. The van der Waals surface area contributed by atoms with E-state index in [9.17, 15) is 9.59 Å². The maximum atomic E-state index is 12.9. The zero-order valence-electron chi connectivity index (χ0n) is 21.7. The summed E-state index contributed by atoms with van der Waals surface area (Å²) >= 11 is 5.56. The van der Waals surface area contributed by atoms with Crippen LogP contribution in [0.25, 0.3) is 0 Å². The number of esters is 1. The maximum absolute atomic E-state index is 12.9. The van der Waals surface area contributed by atoms with E-state index in [2.05, 4.69) is 17.6 Å². The van der Waals surface area contributed by atoms with Crippen molar-refractivity contribution >= 4 is 34.9 Å². The normalized spacial score (nSPS) is 15.5. The van der Waals surface area contributed by atoms with Gasteiger partial charge in [-0.3, -0.25) is 4.79 Å². The highest BCUT2D eigenvalue weighted by Crippen LogP contribution is 2.32. The number of rotatable bonds is 11. The molecule has 0 saturated heterocycles. The summed E-state index contributed by atoms with van der Waals surface area (Å²) in [6.45, 7) is 8.79. The van der Waals surface area contributed by atoms with Gasteiger partial charge >= 0.3 is 5.97 Å². The Balaban J connectivity index is 1.77. The van der Waals surface area contributed by atoms with Crippen LogP contribution in [-0.4, -0.2) is 35.0 Å². The topological polar surface area (TPSA) is 70.7 Å². The molecule has 0 bridgehead atoms. The number of nitrogens with zero attached hydrogens (tertiary/aromatic N) is 1. The van der Waals surface area contributed by atoms with Crippen LogP contribution in [0.1, 0.15) is 80.9 Å². The van der Waals surface area contributed by atoms with E-state index in [1.165, 1.54) is 31.2 Å². The summed E-state index contributed by atoms with van der Waals surface area (Å²) in [4.78, 5) is 27.7. The summed E-state index contributed by atoms with van der Waals surface area (Å²) in [6.07, 6.45) is 5.92. The van der Waals surface area contributed by atoms with E-state index in [4.69, 9.17) is 17.0 Å². The van der Waals surface area contributed by atoms with Gasteiger partial charge in [-0.05, 0) is 81.2 Å². The predicted molar refractivity (Wildman–Crippen MR) is 149 cm³/mol. The smallest absolute Gasteiger partial charge is 0.338 e. The number of benzene rings is 2. The summed E-state index contributed by atoms with van der Waals surface area (Å²) < 4.78 is 5.35. The molecule has 0 aromatic heterocycles. The summed E-state index contributed by atoms with van der Waals surface area (Å²) in [5.41, 5.74) is 4.61. The van der Waals surface area contributed by atoms with Crippen molar-refractivity contribution in [3.05, 3.63) is 76.5 Å². The first-order valence-corrected chi connectivity index (χ1v) is 13.3. The average molecular weight is 508 g/mol. The van der Waals surface area contributed by atoms with E-state index < -0.39 is 6.04 Å². The highest BCUT2D eigenvalue weighted by Gasteiger charge is 2.34. The molecule has 1 atom stereocenters. The van der Waals surface area contributed by atoms with E-state index in [1.807, 2.05) is 67.3 Å². The zero-order valence-corrected chi connectivity index (χ0v) is 22.5. The van der Waals surface area contributed by atoms with E-state index in [-0.39, 0.29) is 18.5 Å². The average Bonchev–Trinajstić information content (AvgIpc) is 2.87. The zero-order chi connectivity index (χ0) is 26.1. The molecule has 36 heavy (non-hydrogen) atoms. The molecule has 2 N–H and O–H groups in total. The van der Waals surface area contributed by atoms with Crippen molar-refractivity contribution in [2.45, 2.75) is 65.8 Å². The molecule has 0 radical (unpaired) electrons. The molecule has 0 saturated carbocycles. The van der Waals surface area contributed by atoms with Gasteiger partial charge in [0.15, 0.2) is 5.11 Å². The minimum atomic E-state index is -0.469. The number of hydrogen-bond donors (Lipinski definition) is 2. The first-order valence-electron chi connectivity index (χ1n) is 12.9. The minimum absolute atomic E-state index is 0.175. The molecule has 0 fully saturated rings. The maximum Gasteiger partial charge on any atom is 0.338 e. The molecule has 1 unspecified atom stereocenters. The first kappa shape index (κ1) is 27.4. The monoisotopic (exact) mass is 507 g/mol. The Hall–Kier alpha value is -3.19. The molecule has 2 aromatic rings. The Morgan fingerprint density at radius 3 is 2.47 bits per heavy atom. The predicted octanol–water partition coefficient (Wildman–Crippen LogP) is 6.15. The molecule has 1 heterocycles. The van der Waals surface area contributed by atoms with Gasteiger partial charge in [0, 0.05) is 23.5 Å². The standard InChI is InChI=1S/C29H37N3O3S/c1-5-8-9-10-12-21-15-17-22(18-16-21)27(33)30-24-14-11-13-23(19-24)26-25(28(34)35-7-3)20(4)32(6-2)29(36)31-26/h11,13-19,26H,5-10,12H2,1-4H3,(H,30,33)(H,31,36). The number of allylic oxidation sites excluding steroid dienone is 1. The number of hydrogen-bond acceptors (Lipinski definition) is 4. The van der Waals surface area contributed by atoms with Crippen LogP contribution in [-0.2, 0) is 16.0 Å². The Morgan fingerprint density at radius 2 is 1.81 bits per heavy atom. The van der Waals surface area contributed by atoms with Crippen molar-refractivity contribution in [1.82, 2.24) is 10.2 Å². The van der Waals surface area contributed by atoms with Gasteiger partial charge in [0.25, 0.3) is 5.91 Å². The number of unbranched alkanes of at least 4 members (excludes halogenated alkanes) is 3. The second-order valence-electron chi connectivity index (χ2n) is 8.93. The highest BCUT2D eigenvalue weighted by molar-refractivity contribution is 7.80. The van der Waals surface area contributed by atoms with E-state index in [0.29, 0.717) is 28.5 Å². The van der Waals surface area contributed by atoms with Crippen molar-refractivity contribution in [1.29, 1.82) is 0 Å². The van der Waals surface area contributed by atoms with Gasteiger partial charge in [0.1, 0.15) is 0 Å². The minimum Gasteiger partial charge on any atom is -0.463 e. The molecule has 0 aliphatic carbocycles. The van der Waals surface area contributed by atoms with Crippen LogP contribution < -0.4 is 10.6 Å². The van der Waals surface area contributed by atoms with Crippen LogP contribution in [0.4, 0.5) is 5.69 Å². The largest absolute Gasteiger partial charge is 0.463 e. The molecule has 192 valence electrons. The Morgan fingerprint density at radius 1 is 1.06 bits per heavy atom. The number of ether oxygens (including phenoxy) is 1. The van der Waals surface area contributed by atoms with Crippen molar-refractivity contribution < 1.29 is 14.3 Å². The number of carbonyl (C=O) groups excluding carboxylic acids is 2. The lowest BCUT2D eigenvalue weighted by atomic mass is 9.94. The molecular weight excluding hydrogens is 470 g/mol. The van der Waals surface area contributed by atoms with Crippen molar-refractivity contribution in [3.63, 3.8) is 0 Å². The van der Waals surface area contributed by atoms with E-state index >= 15 is 0 Å². The van der Waals surface area contributed by atoms with Gasteiger partial charge < -0.3 is 20.3 Å². The quantitative estimate of drug-likeness (QED) is 0.216. The van der Waals surface area contributed by atoms with Crippen LogP contribution in [0.5, 0.6) is 0 Å². The van der Waals surface area contributed by atoms with E-state index in [1.54, 1.807) is 6.92 Å². The SMILES string of the molecule is CCCCCCc1ccc(C(=O)Nc2cccc(C3NC(=S)N(CC)C(C)=C3C(=O)OCC)c2)cc1. The fraction of sp³-hybridized carbons (Fsp3) is 0.414. The summed E-state index contributed by atoms with van der Waals surface area (Å²) in [5, 5.41) is 6.82. The fourth-order valence-electron chi connectivity index (χ4n) is 4.46. The van der Waals surface area contributed by atoms with Gasteiger partial charge in [0.05, 0.1) is 18.2 Å². The van der Waals surface area contributed by atoms with Gasteiger partial charge in [-0.2, -0.15) is 0 Å². The Bertz CT molecular complexity index is 1110. The lowest BCUT2D eigenvalue weighted by molar-refractivity contribution is -0.139. The number of nitrogens with one attached hydrogen (secondary N) is 2. The van der Waals surface area contributed by atoms with Gasteiger partial charge in [0.2, 0.25) is 0 Å². The summed E-state index contributed by atoms with van der Waals surface area (Å²) in [7, 11) is 0. The van der Waals surface area contributed by atoms with Crippen LogP contribution in [0.2, 0.25) is 0 Å². The van der Waals surface area contributed by atoms with Crippen LogP contribution in [0.15, 0.2) is 59.8 Å². The molecule has 6 nitrogen and oxygen atoms in total.